The van der Waals surface area contributed by atoms with Crippen molar-refractivity contribution in [2.45, 2.75) is 25.4 Å². The van der Waals surface area contributed by atoms with E-state index in [9.17, 15) is 4.79 Å². The third-order valence-electron chi connectivity index (χ3n) is 4.38. The first-order chi connectivity index (χ1) is 11.6. The van der Waals surface area contributed by atoms with Crippen molar-refractivity contribution in [2.75, 3.05) is 18.0 Å². The lowest BCUT2D eigenvalue weighted by atomic mass is 10.0. The minimum absolute atomic E-state index is 0.329. The summed E-state index contributed by atoms with van der Waals surface area (Å²) in [4.78, 5) is 13.4. The van der Waals surface area contributed by atoms with Crippen LogP contribution in [0.2, 0.25) is 5.02 Å². The number of aromatic carboxylic acids is 1. The summed E-state index contributed by atoms with van der Waals surface area (Å²) in [6, 6.07) is 15.4. The van der Waals surface area contributed by atoms with Crippen LogP contribution in [0, 0.1) is 0 Å². The largest absolute Gasteiger partial charge is 0.478 e. The van der Waals surface area contributed by atoms with Crippen LogP contribution >= 0.6 is 11.6 Å². The first kappa shape index (κ1) is 16.8. The fraction of sp³-hybridized carbons (Fsp3) is 0.316. The molecule has 0 saturated carbocycles. The van der Waals surface area contributed by atoms with Gasteiger partial charge in [0.25, 0.3) is 0 Å². The summed E-state index contributed by atoms with van der Waals surface area (Å²) < 4.78 is 0. The number of piperidine rings is 1. The highest BCUT2D eigenvalue weighted by Gasteiger charge is 2.21. The summed E-state index contributed by atoms with van der Waals surface area (Å²) in [6.45, 7) is 2.58. The fourth-order valence-corrected chi connectivity index (χ4v) is 3.40. The van der Waals surface area contributed by atoms with Gasteiger partial charge in [-0.2, -0.15) is 0 Å². The summed E-state index contributed by atoms with van der Waals surface area (Å²) in [5.74, 6) is -0.889. The van der Waals surface area contributed by atoms with Gasteiger partial charge >= 0.3 is 5.97 Å². The van der Waals surface area contributed by atoms with E-state index in [1.807, 2.05) is 24.3 Å². The number of rotatable bonds is 5. The van der Waals surface area contributed by atoms with Crippen LogP contribution < -0.4 is 10.2 Å². The molecule has 0 aliphatic carbocycles. The number of carboxylic acid groups (broad SMARTS) is 1. The Morgan fingerprint density at radius 1 is 1.25 bits per heavy atom. The molecule has 1 atom stereocenters. The minimum atomic E-state index is -0.889. The molecule has 126 valence electrons. The Hall–Kier alpha value is -2.04. The summed E-state index contributed by atoms with van der Waals surface area (Å²) >= 11 is 6.31. The van der Waals surface area contributed by atoms with Gasteiger partial charge in [-0.15, -0.1) is 0 Å². The van der Waals surface area contributed by atoms with Crippen molar-refractivity contribution in [1.82, 2.24) is 5.32 Å². The molecule has 5 heteroatoms. The van der Waals surface area contributed by atoms with Crippen molar-refractivity contribution in [2.24, 2.45) is 0 Å². The van der Waals surface area contributed by atoms with Gasteiger partial charge in [0.2, 0.25) is 0 Å². The van der Waals surface area contributed by atoms with Gasteiger partial charge in [-0.1, -0.05) is 35.9 Å². The standard InChI is InChI=1S/C19H21ClN2O2/c20-17-8-1-2-9-18(17)22-10-4-7-16(13-22)21-12-14-5-3-6-15(11-14)19(23)24/h1-3,5-6,8-9,11,16,21H,4,7,10,12-13H2,(H,23,24). The van der Waals surface area contributed by atoms with Crippen molar-refractivity contribution < 1.29 is 9.90 Å². The van der Waals surface area contributed by atoms with Gasteiger partial charge < -0.3 is 15.3 Å². The highest BCUT2D eigenvalue weighted by atomic mass is 35.5. The SMILES string of the molecule is O=C(O)c1cccc(CNC2CCCN(c3ccccc3Cl)C2)c1. The lowest BCUT2D eigenvalue weighted by Crippen LogP contribution is -2.45. The number of nitrogens with zero attached hydrogens (tertiary/aromatic N) is 1. The number of carboxylic acids is 1. The number of halogens is 1. The number of hydrogen-bond donors (Lipinski definition) is 2. The Bertz CT molecular complexity index is 720. The van der Waals surface area contributed by atoms with Crippen LogP contribution in [0.5, 0.6) is 0 Å². The van der Waals surface area contributed by atoms with Crippen LogP contribution in [0.3, 0.4) is 0 Å². The molecular weight excluding hydrogens is 324 g/mol. The van der Waals surface area contributed by atoms with Crippen LogP contribution in [0.15, 0.2) is 48.5 Å². The Labute approximate surface area is 147 Å². The van der Waals surface area contributed by atoms with Gasteiger partial charge in [0.05, 0.1) is 16.3 Å². The minimum Gasteiger partial charge on any atom is -0.478 e. The van der Waals surface area contributed by atoms with Gasteiger partial charge in [0.1, 0.15) is 0 Å². The van der Waals surface area contributed by atoms with Crippen LogP contribution in [-0.2, 0) is 6.54 Å². The highest BCUT2D eigenvalue weighted by Crippen LogP contribution is 2.27. The molecule has 1 fully saturated rings. The number of carbonyl (C=O) groups is 1. The molecule has 3 rings (SSSR count). The number of benzene rings is 2. The van der Waals surface area contributed by atoms with Crippen LogP contribution in [0.4, 0.5) is 5.69 Å². The van der Waals surface area contributed by atoms with Gasteiger partial charge in [-0.25, -0.2) is 4.79 Å². The molecule has 24 heavy (non-hydrogen) atoms. The van der Waals surface area contributed by atoms with Gasteiger partial charge in [0.15, 0.2) is 0 Å². The average molecular weight is 345 g/mol. The highest BCUT2D eigenvalue weighted by molar-refractivity contribution is 6.33. The Kier molecular flexibility index (Phi) is 5.38. The maximum Gasteiger partial charge on any atom is 0.335 e. The number of para-hydroxylation sites is 1. The number of anilines is 1. The van der Waals surface area contributed by atoms with Crippen LogP contribution in [-0.4, -0.2) is 30.2 Å². The molecular formula is C19H21ClN2O2. The molecule has 0 radical (unpaired) electrons. The topological polar surface area (TPSA) is 52.6 Å². The molecule has 0 bridgehead atoms. The van der Waals surface area contributed by atoms with Gasteiger partial charge in [0, 0.05) is 25.7 Å². The monoisotopic (exact) mass is 344 g/mol. The van der Waals surface area contributed by atoms with E-state index < -0.39 is 5.97 Å². The average Bonchev–Trinajstić information content (AvgIpc) is 2.61. The molecule has 0 amide bonds. The number of nitrogens with one attached hydrogen (secondary N) is 1. The molecule has 4 nitrogen and oxygen atoms in total. The first-order valence-electron chi connectivity index (χ1n) is 8.18. The van der Waals surface area contributed by atoms with E-state index in [0.29, 0.717) is 18.2 Å². The third-order valence-corrected chi connectivity index (χ3v) is 4.70. The van der Waals surface area contributed by atoms with Crippen molar-refractivity contribution in [3.63, 3.8) is 0 Å². The Balaban J connectivity index is 1.61. The van der Waals surface area contributed by atoms with Crippen molar-refractivity contribution in [1.29, 1.82) is 0 Å². The van der Waals surface area contributed by atoms with E-state index in [2.05, 4.69) is 16.3 Å². The molecule has 1 saturated heterocycles. The zero-order valence-corrected chi connectivity index (χ0v) is 14.2. The lowest BCUT2D eigenvalue weighted by Gasteiger charge is -2.35. The third kappa shape index (κ3) is 4.08. The molecule has 0 spiro atoms. The van der Waals surface area contributed by atoms with Crippen LogP contribution in [0.25, 0.3) is 0 Å². The van der Waals surface area contributed by atoms with Crippen molar-refractivity contribution in [3.8, 4) is 0 Å². The van der Waals surface area contributed by atoms with E-state index in [1.54, 1.807) is 18.2 Å². The molecule has 1 heterocycles. The maximum absolute atomic E-state index is 11.1. The maximum atomic E-state index is 11.1. The fourth-order valence-electron chi connectivity index (χ4n) is 3.15. The lowest BCUT2D eigenvalue weighted by molar-refractivity contribution is 0.0696. The van der Waals surface area contributed by atoms with Crippen LogP contribution in [0.1, 0.15) is 28.8 Å². The molecule has 1 aliphatic heterocycles. The molecule has 1 unspecified atom stereocenters. The van der Waals surface area contributed by atoms with E-state index in [-0.39, 0.29) is 0 Å². The smallest absolute Gasteiger partial charge is 0.335 e. The van der Waals surface area contributed by atoms with Gasteiger partial charge in [-0.3, -0.25) is 0 Å². The zero-order valence-electron chi connectivity index (χ0n) is 13.4. The first-order valence-corrected chi connectivity index (χ1v) is 8.56. The molecule has 2 aromatic rings. The normalized spacial score (nSPS) is 17.7. The number of hydrogen-bond acceptors (Lipinski definition) is 3. The Morgan fingerprint density at radius 2 is 2.08 bits per heavy atom. The van der Waals surface area contributed by atoms with E-state index in [4.69, 9.17) is 16.7 Å². The van der Waals surface area contributed by atoms with Crippen molar-refractivity contribution >= 4 is 23.3 Å². The predicted octanol–water partition coefficient (Wildman–Crippen LogP) is 3.80. The summed E-state index contributed by atoms with van der Waals surface area (Å²) in [7, 11) is 0. The van der Waals surface area contributed by atoms with Gasteiger partial charge in [-0.05, 0) is 42.7 Å². The van der Waals surface area contributed by atoms with E-state index >= 15 is 0 Å². The zero-order chi connectivity index (χ0) is 16.9. The van der Waals surface area contributed by atoms with E-state index in [1.165, 1.54) is 0 Å². The predicted molar refractivity (Wildman–Crippen MR) is 96.9 cm³/mol. The molecule has 0 aromatic heterocycles. The second kappa shape index (κ2) is 7.69. The van der Waals surface area contributed by atoms with Crippen molar-refractivity contribution in [3.05, 3.63) is 64.7 Å². The summed E-state index contributed by atoms with van der Waals surface area (Å²) in [5, 5.41) is 13.4. The van der Waals surface area contributed by atoms with E-state index in [0.717, 1.165) is 42.2 Å². The molecule has 2 N–H and O–H groups in total. The summed E-state index contributed by atoms with van der Waals surface area (Å²) in [5.41, 5.74) is 2.40. The Morgan fingerprint density at radius 3 is 2.88 bits per heavy atom. The quantitative estimate of drug-likeness (QED) is 0.866. The second-order valence-electron chi connectivity index (χ2n) is 6.12. The summed E-state index contributed by atoms with van der Waals surface area (Å²) in [6.07, 6.45) is 2.22. The second-order valence-corrected chi connectivity index (χ2v) is 6.53. The molecule has 1 aliphatic rings. The molecule has 2 aromatic carbocycles.